The number of hydrogen-bond donors (Lipinski definition) is 0. The lowest BCUT2D eigenvalue weighted by atomic mass is 10.1. The number of aromatic nitrogens is 3. The summed E-state index contributed by atoms with van der Waals surface area (Å²) in [7, 11) is 3.30. The lowest BCUT2D eigenvalue weighted by Gasteiger charge is -2.40. The first kappa shape index (κ1) is 16.7. The molecule has 4 rings (SSSR count). The summed E-state index contributed by atoms with van der Waals surface area (Å²) < 4.78 is 13.0. The molecule has 6 nitrogen and oxygen atoms in total. The molecule has 0 N–H and O–H groups in total. The molecule has 0 bridgehead atoms. The van der Waals surface area contributed by atoms with Crippen LogP contribution in [0.3, 0.4) is 0 Å². The first-order valence-corrected chi connectivity index (χ1v) is 8.81. The molecule has 0 amide bonds. The van der Waals surface area contributed by atoms with Crippen LogP contribution in [0.1, 0.15) is 23.0 Å². The number of pyridine rings is 1. The molecular formula is C20H24N4O2. The van der Waals surface area contributed by atoms with Crippen molar-refractivity contribution >= 4 is 16.7 Å². The van der Waals surface area contributed by atoms with E-state index in [-0.39, 0.29) is 0 Å². The fourth-order valence-electron chi connectivity index (χ4n) is 3.68. The van der Waals surface area contributed by atoms with Crippen LogP contribution < -0.4 is 14.4 Å². The van der Waals surface area contributed by atoms with Crippen molar-refractivity contribution in [3.05, 3.63) is 41.2 Å². The second-order valence-corrected chi connectivity index (χ2v) is 6.95. The fraction of sp³-hybridized carbons (Fsp3) is 0.400. The average molecular weight is 352 g/mol. The molecule has 1 aliphatic heterocycles. The van der Waals surface area contributed by atoms with Crippen molar-refractivity contribution in [2.24, 2.45) is 0 Å². The highest BCUT2D eigenvalue weighted by molar-refractivity contribution is 5.87. The van der Waals surface area contributed by atoms with Gasteiger partial charge in [-0.1, -0.05) is 0 Å². The zero-order chi connectivity index (χ0) is 18.4. The van der Waals surface area contributed by atoms with E-state index in [1.165, 1.54) is 11.3 Å². The van der Waals surface area contributed by atoms with E-state index in [1.807, 2.05) is 19.1 Å². The molecule has 26 heavy (non-hydrogen) atoms. The summed E-state index contributed by atoms with van der Waals surface area (Å²) in [4.78, 5) is 7.15. The maximum Gasteiger partial charge on any atom is 0.162 e. The van der Waals surface area contributed by atoms with Crippen molar-refractivity contribution < 1.29 is 9.47 Å². The Kier molecular flexibility index (Phi) is 3.98. The second kappa shape index (κ2) is 6.20. The molecule has 1 fully saturated rings. The molecule has 136 valence electrons. The van der Waals surface area contributed by atoms with Crippen molar-refractivity contribution in [1.82, 2.24) is 14.8 Å². The number of nitrogens with zero attached hydrogens (tertiary/aromatic N) is 4. The molecule has 0 saturated carbocycles. The number of benzene rings is 1. The minimum Gasteiger partial charge on any atom is -0.493 e. The van der Waals surface area contributed by atoms with Crippen LogP contribution in [0.15, 0.2) is 24.3 Å². The summed E-state index contributed by atoms with van der Waals surface area (Å²) in [5.74, 6) is 2.43. The first-order chi connectivity index (χ1) is 12.5. The number of aryl methyl sites for hydroxylation is 3. The maximum atomic E-state index is 5.43. The summed E-state index contributed by atoms with van der Waals surface area (Å²) in [5, 5.41) is 5.69. The second-order valence-electron chi connectivity index (χ2n) is 6.95. The Morgan fingerprint density at radius 2 is 1.65 bits per heavy atom. The van der Waals surface area contributed by atoms with Gasteiger partial charge in [0.05, 0.1) is 31.5 Å². The van der Waals surface area contributed by atoms with Gasteiger partial charge in [-0.2, -0.15) is 5.10 Å². The predicted molar refractivity (Wildman–Crippen MR) is 103 cm³/mol. The third kappa shape index (κ3) is 2.66. The molecule has 1 aliphatic rings. The van der Waals surface area contributed by atoms with Crippen molar-refractivity contribution in [2.45, 2.75) is 26.8 Å². The van der Waals surface area contributed by atoms with Gasteiger partial charge in [0.1, 0.15) is 5.82 Å². The van der Waals surface area contributed by atoms with Gasteiger partial charge in [-0.05, 0) is 44.5 Å². The Bertz CT molecular complexity index is 974. The van der Waals surface area contributed by atoms with Crippen molar-refractivity contribution in [2.75, 3.05) is 32.2 Å². The largest absolute Gasteiger partial charge is 0.493 e. The number of hydrogen-bond acceptors (Lipinski definition) is 5. The molecule has 0 spiro atoms. The Hall–Kier alpha value is -2.76. The predicted octanol–water partition coefficient (Wildman–Crippen LogP) is 3.44. The fourth-order valence-corrected chi connectivity index (χ4v) is 3.68. The minimum absolute atomic E-state index is 0.409. The smallest absolute Gasteiger partial charge is 0.162 e. The lowest BCUT2D eigenvalue weighted by molar-refractivity contribution is 0.355. The van der Waals surface area contributed by atoms with Gasteiger partial charge < -0.3 is 14.4 Å². The highest BCUT2D eigenvalue weighted by atomic mass is 16.5. The minimum atomic E-state index is 0.409. The molecule has 0 atom stereocenters. The summed E-state index contributed by atoms with van der Waals surface area (Å²) in [5.41, 5.74) is 4.39. The normalized spacial score (nSPS) is 14.6. The van der Waals surface area contributed by atoms with E-state index >= 15 is 0 Å². The van der Waals surface area contributed by atoms with Gasteiger partial charge >= 0.3 is 0 Å². The van der Waals surface area contributed by atoms with E-state index in [9.17, 15) is 0 Å². The Morgan fingerprint density at radius 3 is 2.27 bits per heavy atom. The maximum absolute atomic E-state index is 5.43. The Morgan fingerprint density at radius 1 is 0.962 bits per heavy atom. The zero-order valence-electron chi connectivity index (χ0n) is 15.9. The Balaban J connectivity index is 1.63. The van der Waals surface area contributed by atoms with E-state index in [0.717, 1.165) is 41.3 Å². The van der Waals surface area contributed by atoms with Crippen LogP contribution in [-0.2, 0) is 0 Å². The van der Waals surface area contributed by atoms with Gasteiger partial charge in [0.25, 0.3) is 0 Å². The lowest BCUT2D eigenvalue weighted by Crippen LogP contribution is -2.48. The van der Waals surface area contributed by atoms with E-state index in [0.29, 0.717) is 11.8 Å². The molecule has 2 aromatic heterocycles. The van der Waals surface area contributed by atoms with E-state index in [1.54, 1.807) is 14.2 Å². The topological polar surface area (TPSA) is 52.4 Å². The van der Waals surface area contributed by atoms with Crippen LogP contribution in [0.5, 0.6) is 11.5 Å². The SMILES string of the molecule is COc1cc2nc(N3CC(n4nc(C)cc4C)C3)cc(C)c2cc1OC. The van der Waals surface area contributed by atoms with Crippen molar-refractivity contribution in [3.8, 4) is 11.5 Å². The summed E-state index contributed by atoms with van der Waals surface area (Å²) in [6, 6.07) is 8.62. The van der Waals surface area contributed by atoms with Crippen LogP contribution >= 0.6 is 0 Å². The Labute approximate surface area is 153 Å². The van der Waals surface area contributed by atoms with Gasteiger partial charge in [-0.25, -0.2) is 4.98 Å². The molecule has 0 unspecified atom stereocenters. The summed E-state index contributed by atoms with van der Waals surface area (Å²) >= 11 is 0. The summed E-state index contributed by atoms with van der Waals surface area (Å²) in [6.45, 7) is 8.11. The standard InChI is InChI=1S/C20H24N4O2/c1-12-6-20(21-17-9-19(26-5)18(25-4)8-16(12)17)23-10-15(11-23)24-14(3)7-13(2)22-24/h6-9,15H,10-11H2,1-5H3. The highest BCUT2D eigenvalue weighted by Gasteiger charge is 2.31. The van der Waals surface area contributed by atoms with Crippen LogP contribution in [0, 0.1) is 20.8 Å². The third-order valence-electron chi connectivity index (χ3n) is 5.08. The van der Waals surface area contributed by atoms with Crippen LogP contribution in [-0.4, -0.2) is 42.1 Å². The van der Waals surface area contributed by atoms with Crippen molar-refractivity contribution in [1.29, 1.82) is 0 Å². The average Bonchev–Trinajstić information content (AvgIpc) is 2.90. The van der Waals surface area contributed by atoms with Gasteiger partial charge in [-0.3, -0.25) is 4.68 Å². The third-order valence-corrected chi connectivity index (χ3v) is 5.08. The van der Waals surface area contributed by atoms with Gasteiger partial charge in [0.2, 0.25) is 0 Å². The number of methoxy groups -OCH3 is 2. The highest BCUT2D eigenvalue weighted by Crippen LogP contribution is 2.35. The van der Waals surface area contributed by atoms with Crippen molar-refractivity contribution in [3.63, 3.8) is 0 Å². The number of anilines is 1. The first-order valence-electron chi connectivity index (χ1n) is 8.81. The number of fused-ring (bicyclic) bond motifs is 1. The molecule has 0 aliphatic carbocycles. The molecule has 1 saturated heterocycles. The van der Waals surface area contributed by atoms with Crippen LogP contribution in [0.4, 0.5) is 5.82 Å². The molecule has 3 heterocycles. The molecule has 0 radical (unpaired) electrons. The number of ether oxygens (including phenoxy) is 2. The van der Waals surface area contributed by atoms with E-state index < -0.39 is 0 Å². The number of rotatable bonds is 4. The molecule has 1 aromatic carbocycles. The van der Waals surface area contributed by atoms with Crippen LogP contribution in [0.25, 0.3) is 10.9 Å². The van der Waals surface area contributed by atoms with Gasteiger partial charge in [-0.15, -0.1) is 0 Å². The zero-order valence-corrected chi connectivity index (χ0v) is 15.9. The molecule has 6 heteroatoms. The van der Waals surface area contributed by atoms with Crippen LogP contribution in [0.2, 0.25) is 0 Å². The van der Waals surface area contributed by atoms with E-state index in [2.05, 4.69) is 40.7 Å². The summed E-state index contributed by atoms with van der Waals surface area (Å²) in [6.07, 6.45) is 0. The van der Waals surface area contributed by atoms with Gasteiger partial charge in [0.15, 0.2) is 11.5 Å². The van der Waals surface area contributed by atoms with E-state index in [4.69, 9.17) is 14.5 Å². The monoisotopic (exact) mass is 352 g/mol. The molecule has 3 aromatic rings. The van der Waals surface area contributed by atoms with Gasteiger partial charge in [0, 0.05) is 30.2 Å². The quantitative estimate of drug-likeness (QED) is 0.720. The molecular weight excluding hydrogens is 328 g/mol.